The van der Waals surface area contributed by atoms with Gasteiger partial charge in [0.2, 0.25) is 0 Å². The zero-order valence-corrected chi connectivity index (χ0v) is 11.4. The van der Waals surface area contributed by atoms with E-state index < -0.39 is 0 Å². The first-order valence-electron chi connectivity index (χ1n) is 2.57. The fraction of sp³-hybridized carbons (Fsp3) is 0. The van der Waals surface area contributed by atoms with Gasteiger partial charge in [-0.15, -0.1) is 11.6 Å². The Balaban J connectivity index is -0.0000000223. The van der Waals surface area contributed by atoms with Crippen LogP contribution < -0.4 is 0 Å². The average molecular weight is 339 g/mol. The van der Waals surface area contributed by atoms with Gasteiger partial charge in [0.1, 0.15) is 11.1 Å². The van der Waals surface area contributed by atoms with Crippen molar-refractivity contribution in [2.75, 3.05) is 0 Å². The molecule has 0 aromatic carbocycles. The smallest absolute Gasteiger partial charge is 0 e. The molecule has 0 fully saturated rings. The second-order valence-electron chi connectivity index (χ2n) is 0.828. The van der Waals surface area contributed by atoms with Crippen molar-refractivity contribution >= 4 is 23.2 Å². The first kappa shape index (κ1) is 43.2. The number of rotatable bonds is 0. The van der Waals surface area contributed by atoms with Crippen molar-refractivity contribution in [2.45, 2.75) is 0 Å². The Kier molecular flexibility index (Phi) is 213. The quantitative estimate of drug-likeness (QED) is 0.284. The van der Waals surface area contributed by atoms with Crippen molar-refractivity contribution < 1.29 is 40.6 Å². The molecule has 0 aromatic rings. The fourth-order valence-corrected chi connectivity index (χ4v) is 0.180. The van der Waals surface area contributed by atoms with Gasteiger partial charge in [0, 0.05) is 17.4 Å². The maximum absolute atomic E-state index is 7.97. The van der Waals surface area contributed by atoms with Crippen LogP contribution in [0.3, 0.4) is 0 Å². The molecule has 0 N–H and O–H groups in total. The summed E-state index contributed by atoms with van der Waals surface area (Å²) in [5.74, 6) is 0. The monoisotopic (exact) mass is 338 g/mol. The molecule has 0 heterocycles. The van der Waals surface area contributed by atoms with Gasteiger partial charge in [0.25, 0.3) is 5.16 Å². The summed E-state index contributed by atoms with van der Waals surface area (Å²) < 4.78 is 37.5. The Bertz CT molecular complexity index is 328. The molecule has 10 heteroatoms. The van der Waals surface area contributed by atoms with Gasteiger partial charge < -0.3 is 0 Å². The zero-order chi connectivity index (χ0) is 16.6. The van der Waals surface area contributed by atoms with E-state index in [2.05, 4.69) is 38.1 Å². The van der Waals surface area contributed by atoms with E-state index in [1.807, 2.05) is 0 Å². The van der Waals surface area contributed by atoms with Crippen LogP contribution in [0.15, 0.2) is 10.2 Å². The molecule has 0 saturated carbocycles. The van der Waals surface area contributed by atoms with E-state index in [1.165, 1.54) is 6.07 Å². The Morgan fingerprint density at radius 3 is 1.11 bits per heavy atom. The number of nitrogens with zero attached hydrogens (tertiary/aromatic N) is 2. The van der Waals surface area contributed by atoms with Crippen molar-refractivity contribution in [2.24, 2.45) is 0 Å². The Labute approximate surface area is 130 Å². The average Bonchev–Trinajstić information content (AvgIpc) is 2.55. The van der Waals surface area contributed by atoms with E-state index in [0.29, 0.717) is 0 Å². The van der Waals surface area contributed by atoms with Crippen molar-refractivity contribution in [3.8, 4) is 6.07 Å². The first-order valence-corrected chi connectivity index (χ1v) is 3.33. The second-order valence-corrected chi connectivity index (χ2v) is 1.56. The Hall–Kier alpha value is -1.47. The van der Waals surface area contributed by atoms with E-state index in [4.69, 9.17) is 58.3 Å². The Morgan fingerprint density at radius 2 is 1.05 bits per heavy atom. The third-order valence-corrected chi connectivity index (χ3v) is 1.01. The molecular formula is C9Cl2CrN2O5. The first-order chi connectivity index (χ1) is 8.72. The van der Waals surface area contributed by atoms with Gasteiger partial charge in [-0.2, -0.15) is 5.26 Å². The molecule has 0 saturated heterocycles. The molecule has 0 atom stereocenters. The van der Waals surface area contributed by atoms with Crippen LogP contribution in [0, 0.1) is 51.2 Å². The molecule has 0 amide bonds. The van der Waals surface area contributed by atoms with Crippen LogP contribution in [0.25, 0.3) is 4.85 Å². The Morgan fingerprint density at radius 1 is 0.842 bits per heavy atom. The molecule has 0 rings (SSSR count). The summed E-state index contributed by atoms with van der Waals surface area (Å²) in [7, 11) is 0. The van der Waals surface area contributed by atoms with Crippen molar-refractivity contribution in [1.82, 2.24) is 0 Å². The number of halogens is 2. The zero-order valence-electron chi connectivity index (χ0n) is 8.60. The van der Waals surface area contributed by atoms with Gasteiger partial charge in [-0.1, -0.05) is 11.6 Å². The largest absolute Gasteiger partial charge is 0 e. The van der Waals surface area contributed by atoms with Gasteiger partial charge in [0.15, 0.2) is 0 Å². The van der Waals surface area contributed by atoms with Gasteiger partial charge >= 0.3 is 56.5 Å². The molecule has 0 bridgehead atoms. The van der Waals surface area contributed by atoms with E-state index in [0.717, 1.165) is 0 Å². The van der Waals surface area contributed by atoms with Crippen LogP contribution in [0.2, 0.25) is 0 Å². The maximum Gasteiger partial charge on any atom is 0 e. The topological polar surface area (TPSA) is 128 Å². The van der Waals surface area contributed by atoms with E-state index in [1.54, 1.807) is 0 Å². The minimum Gasteiger partial charge on any atom is 0 e. The summed E-state index contributed by atoms with van der Waals surface area (Å²) in [4.78, 5) is 2.70. The molecule has 19 heavy (non-hydrogen) atoms. The van der Waals surface area contributed by atoms with Gasteiger partial charge in [-0.05, 0) is 0 Å². The molecule has 0 aliphatic heterocycles. The molecule has 7 nitrogen and oxygen atoms in total. The van der Waals surface area contributed by atoms with Crippen LogP contribution in [-0.4, -0.2) is 0 Å². The van der Waals surface area contributed by atoms with Gasteiger partial charge in [-0.25, -0.2) is 4.85 Å². The molecule has 0 aliphatic rings. The molecule has 0 spiro atoms. The van der Waals surface area contributed by atoms with Crippen molar-refractivity contribution in [3.05, 3.63) is 54.9 Å². The van der Waals surface area contributed by atoms with Crippen LogP contribution in [-0.2, 0) is 40.6 Å². The molecule has 96 valence electrons. The number of hydrogen-bond donors (Lipinski definition) is 0. The molecule has 0 radical (unpaired) electrons. The van der Waals surface area contributed by atoms with Crippen molar-refractivity contribution in [3.63, 3.8) is 0 Å². The number of allylic oxidation sites excluding steroid dienone is 1. The summed E-state index contributed by atoms with van der Waals surface area (Å²) >= 11 is 10.2. The van der Waals surface area contributed by atoms with E-state index >= 15 is 0 Å². The van der Waals surface area contributed by atoms with Gasteiger partial charge in [-0.3, -0.25) is 0 Å². The van der Waals surface area contributed by atoms with Crippen molar-refractivity contribution in [1.29, 1.82) is 5.26 Å². The minimum atomic E-state index is -0.283. The summed E-state index contributed by atoms with van der Waals surface area (Å²) in [6.07, 6.45) is 0. The van der Waals surface area contributed by atoms with Crippen LogP contribution in [0.1, 0.15) is 0 Å². The summed E-state index contributed by atoms with van der Waals surface area (Å²) in [6, 6.07) is 1.51. The molecule has 0 unspecified atom stereocenters. The molecular weight excluding hydrogens is 339 g/mol. The predicted molar refractivity (Wildman–Crippen MR) is 50.6 cm³/mol. The van der Waals surface area contributed by atoms with Gasteiger partial charge in [0.05, 0.1) is 6.57 Å². The molecule has 0 aromatic heterocycles. The van der Waals surface area contributed by atoms with Crippen LogP contribution in [0.5, 0.6) is 0 Å². The van der Waals surface area contributed by atoms with Crippen LogP contribution in [0.4, 0.5) is 0 Å². The normalized spacial score (nSPS) is 5.16. The second kappa shape index (κ2) is 93.5. The SMILES string of the molecule is [C-]#[N+]/C(Cl)=C(/Cl)C#N.[C-]#[O+].[C-]#[O+].[C-]#[O+].[C-]#[O+].[C-]#[O+].[Cr]. The maximum atomic E-state index is 7.97. The van der Waals surface area contributed by atoms with Crippen LogP contribution >= 0.6 is 23.2 Å². The van der Waals surface area contributed by atoms with E-state index in [9.17, 15) is 0 Å². The minimum absolute atomic E-state index is 0. The predicted octanol–water partition coefficient (Wildman–Crippen LogP) is 1.89. The third kappa shape index (κ3) is 81.8. The molecule has 0 aliphatic carbocycles. The number of hydrogen-bond acceptors (Lipinski definition) is 1. The fourth-order valence-electron chi connectivity index (χ4n) is 0.0952. The summed E-state index contributed by atoms with van der Waals surface area (Å²) in [6.45, 7) is 28.7. The standard InChI is InChI=1S/C4Cl2N2.5CO.Cr/c1-8-4(6)3(5)2-7;5*1-2;/b4-3+;;;;;;. The summed E-state index contributed by atoms with van der Waals surface area (Å²) in [5, 5.41) is 7.42. The number of nitriles is 1. The third-order valence-electron chi connectivity index (χ3n) is 0.377. The van der Waals surface area contributed by atoms with E-state index in [-0.39, 0.29) is 27.5 Å². The summed E-state index contributed by atoms with van der Waals surface area (Å²) in [5.41, 5.74) is 0.